The molecule has 1 amide bonds. The molecule has 23 heavy (non-hydrogen) atoms. The van der Waals surface area contributed by atoms with Crippen molar-refractivity contribution in [2.75, 3.05) is 13.1 Å². The van der Waals surface area contributed by atoms with Crippen LogP contribution in [0.3, 0.4) is 0 Å². The van der Waals surface area contributed by atoms with Gasteiger partial charge in [-0.1, -0.05) is 49.7 Å². The molecule has 0 unspecified atom stereocenters. The van der Waals surface area contributed by atoms with Crippen molar-refractivity contribution in [3.05, 3.63) is 64.4 Å². The Balaban J connectivity index is 2.04. The van der Waals surface area contributed by atoms with Crippen molar-refractivity contribution in [3.63, 3.8) is 0 Å². The van der Waals surface area contributed by atoms with E-state index in [1.165, 1.54) is 11.8 Å². The van der Waals surface area contributed by atoms with Crippen molar-refractivity contribution in [1.29, 1.82) is 0 Å². The van der Waals surface area contributed by atoms with Crippen LogP contribution in [-0.2, 0) is 13.1 Å². The molecule has 2 rings (SSSR count). The van der Waals surface area contributed by atoms with E-state index in [1.807, 2.05) is 12.1 Å². The predicted octanol–water partition coefficient (Wildman–Crippen LogP) is 3.51. The quantitative estimate of drug-likeness (QED) is 0.790. The number of pyridine rings is 1. The molecule has 2 aromatic rings. The molecule has 0 aliphatic heterocycles. The van der Waals surface area contributed by atoms with Gasteiger partial charge in [0.25, 0.3) is 5.91 Å². The maximum absolute atomic E-state index is 12.2. The van der Waals surface area contributed by atoms with Gasteiger partial charge in [0.1, 0.15) is 5.15 Å². The van der Waals surface area contributed by atoms with E-state index in [9.17, 15) is 4.79 Å². The number of benzene rings is 1. The number of hydrogen-bond acceptors (Lipinski definition) is 3. The number of carbonyl (C=O) groups is 1. The molecule has 1 aromatic heterocycles. The summed E-state index contributed by atoms with van der Waals surface area (Å²) in [6.45, 7) is 7.71. The lowest BCUT2D eigenvalue weighted by molar-refractivity contribution is 0.0950. The fourth-order valence-corrected chi connectivity index (χ4v) is 2.57. The Morgan fingerprint density at radius 1 is 1.17 bits per heavy atom. The van der Waals surface area contributed by atoms with Gasteiger partial charge in [0.15, 0.2) is 0 Å². The van der Waals surface area contributed by atoms with E-state index in [0.717, 1.165) is 25.2 Å². The van der Waals surface area contributed by atoms with Crippen LogP contribution in [0.4, 0.5) is 0 Å². The molecule has 0 aliphatic carbocycles. The van der Waals surface area contributed by atoms with E-state index in [2.05, 4.69) is 41.2 Å². The lowest BCUT2D eigenvalue weighted by atomic mass is 10.1. The summed E-state index contributed by atoms with van der Waals surface area (Å²) >= 11 is 5.82. The molecular weight excluding hydrogens is 310 g/mol. The van der Waals surface area contributed by atoms with Crippen molar-refractivity contribution in [2.24, 2.45) is 0 Å². The van der Waals surface area contributed by atoms with E-state index in [-0.39, 0.29) is 5.91 Å². The van der Waals surface area contributed by atoms with Gasteiger partial charge in [-0.05, 0) is 36.3 Å². The van der Waals surface area contributed by atoms with Crippen molar-refractivity contribution < 1.29 is 4.79 Å². The smallest absolute Gasteiger partial charge is 0.251 e. The highest BCUT2D eigenvalue weighted by atomic mass is 35.5. The number of hydrogen-bond donors (Lipinski definition) is 1. The molecule has 1 aromatic carbocycles. The van der Waals surface area contributed by atoms with Crippen molar-refractivity contribution in [2.45, 2.75) is 26.9 Å². The van der Waals surface area contributed by atoms with Crippen LogP contribution in [0.5, 0.6) is 0 Å². The van der Waals surface area contributed by atoms with Gasteiger partial charge in [-0.2, -0.15) is 0 Å². The second-order valence-electron chi connectivity index (χ2n) is 5.28. The molecule has 0 radical (unpaired) electrons. The molecular formula is C18H22ClN3O. The van der Waals surface area contributed by atoms with Gasteiger partial charge in [-0.15, -0.1) is 0 Å². The van der Waals surface area contributed by atoms with Crippen LogP contribution in [-0.4, -0.2) is 28.9 Å². The Kier molecular flexibility index (Phi) is 6.56. The topological polar surface area (TPSA) is 45.2 Å². The molecule has 4 nitrogen and oxygen atoms in total. The van der Waals surface area contributed by atoms with E-state index in [4.69, 9.17) is 11.6 Å². The highest BCUT2D eigenvalue weighted by Gasteiger charge is 2.09. The van der Waals surface area contributed by atoms with E-state index < -0.39 is 0 Å². The average Bonchev–Trinajstić information content (AvgIpc) is 2.58. The molecule has 1 heterocycles. The monoisotopic (exact) mass is 331 g/mol. The third kappa shape index (κ3) is 5.05. The van der Waals surface area contributed by atoms with Crippen LogP contribution in [0.15, 0.2) is 42.6 Å². The van der Waals surface area contributed by atoms with Crippen molar-refractivity contribution in [3.8, 4) is 0 Å². The third-order valence-corrected chi connectivity index (χ3v) is 4.04. The Bertz CT molecular complexity index is 656. The van der Waals surface area contributed by atoms with E-state index in [1.54, 1.807) is 12.1 Å². The predicted molar refractivity (Wildman–Crippen MR) is 93.5 cm³/mol. The third-order valence-electron chi connectivity index (χ3n) is 3.83. The Morgan fingerprint density at radius 2 is 1.87 bits per heavy atom. The zero-order valence-electron chi connectivity index (χ0n) is 13.6. The van der Waals surface area contributed by atoms with Gasteiger partial charge in [0.05, 0.1) is 0 Å². The summed E-state index contributed by atoms with van der Waals surface area (Å²) in [5, 5.41) is 3.27. The maximum Gasteiger partial charge on any atom is 0.251 e. The highest BCUT2D eigenvalue weighted by Crippen LogP contribution is 2.12. The first-order chi connectivity index (χ1) is 11.1. The minimum atomic E-state index is -0.146. The van der Waals surface area contributed by atoms with Gasteiger partial charge in [0, 0.05) is 24.8 Å². The van der Waals surface area contributed by atoms with Gasteiger partial charge >= 0.3 is 0 Å². The molecule has 0 saturated carbocycles. The molecule has 5 heteroatoms. The minimum Gasteiger partial charge on any atom is -0.348 e. The summed E-state index contributed by atoms with van der Waals surface area (Å²) in [6.07, 6.45) is 1.53. The zero-order chi connectivity index (χ0) is 16.7. The zero-order valence-corrected chi connectivity index (χ0v) is 14.3. The Morgan fingerprint density at radius 3 is 2.52 bits per heavy atom. The van der Waals surface area contributed by atoms with Gasteiger partial charge in [-0.3, -0.25) is 9.69 Å². The summed E-state index contributed by atoms with van der Waals surface area (Å²) in [6, 6.07) is 11.4. The number of nitrogens with one attached hydrogen (secondary N) is 1. The summed E-state index contributed by atoms with van der Waals surface area (Å²) in [7, 11) is 0. The van der Waals surface area contributed by atoms with Gasteiger partial charge in [0.2, 0.25) is 0 Å². The van der Waals surface area contributed by atoms with Gasteiger partial charge in [-0.25, -0.2) is 4.98 Å². The second-order valence-corrected chi connectivity index (χ2v) is 5.67. The van der Waals surface area contributed by atoms with Crippen molar-refractivity contribution >= 4 is 17.5 Å². The SMILES string of the molecule is CCN(CC)Cc1ccccc1CNC(=O)c1ccnc(Cl)c1. The molecule has 122 valence electrons. The van der Waals surface area contributed by atoms with Crippen LogP contribution in [0.25, 0.3) is 0 Å². The van der Waals surface area contributed by atoms with Crippen LogP contribution in [0.2, 0.25) is 5.15 Å². The lowest BCUT2D eigenvalue weighted by Gasteiger charge is -2.20. The number of aromatic nitrogens is 1. The molecule has 0 aliphatic rings. The fraction of sp³-hybridized carbons (Fsp3) is 0.333. The van der Waals surface area contributed by atoms with Gasteiger partial charge < -0.3 is 5.32 Å². The minimum absolute atomic E-state index is 0.146. The van der Waals surface area contributed by atoms with Crippen molar-refractivity contribution in [1.82, 2.24) is 15.2 Å². The van der Waals surface area contributed by atoms with Crippen LogP contribution >= 0.6 is 11.6 Å². The summed E-state index contributed by atoms with van der Waals surface area (Å²) in [5.41, 5.74) is 2.89. The number of carbonyl (C=O) groups excluding carboxylic acids is 1. The maximum atomic E-state index is 12.2. The summed E-state index contributed by atoms with van der Waals surface area (Å²) < 4.78 is 0. The molecule has 0 atom stereocenters. The van der Waals surface area contributed by atoms with E-state index in [0.29, 0.717) is 17.3 Å². The van der Waals surface area contributed by atoms with Crippen LogP contribution in [0, 0.1) is 0 Å². The molecule has 0 spiro atoms. The van der Waals surface area contributed by atoms with E-state index >= 15 is 0 Å². The average molecular weight is 332 g/mol. The number of rotatable bonds is 7. The molecule has 0 fully saturated rings. The summed E-state index contributed by atoms with van der Waals surface area (Å²) in [4.78, 5) is 18.4. The number of amides is 1. The first kappa shape index (κ1) is 17.4. The standard InChI is InChI=1S/C18H22ClN3O/c1-3-22(4-2)13-16-8-6-5-7-15(16)12-21-18(23)14-9-10-20-17(19)11-14/h5-11H,3-4,12-13H2,1-2H3,(H,21,23). The Labute approximate surface area is 142 Å². The Hall–Kier alpha value is -1.91. The second kappa shape index (κ2) is 8.65. The first-order valence-corrected chi connectivity index (χ1v) is 8.20. The number of nitrogens with zero attached hydrogens (tertiary/aromatic N) is 2. The highest BCUT2D eigenvalue weighted by molar-refractivity contribution is 6.29. The lowest BCUT2D eigenvalue weighted by Crippen LogP contribution is -2.26. The summed E-state index contributed by atoms with van der Waals surface area (Å²) in [5.74, 6) is -0.146. The van der Waals surface area contributed by atoms with Crippen LogP contribution in [0.1, 0.15) is 35.3 Å². The largest absolute Gasteiger partial charge is 0.348 e. The fourth-order valence-electron chi connectivity index (χ4n) is 2.39. The normalized spacial score (nSPS) is 10.8. The first-order valence-electron chi connectivity index (χ1n) is 7.83. The molecule has 0 saturated heterocycles. The number of halogens is 1. The molecule has 1 N–H and O–H groups in total. The molecule has 0 bridgehead atoms. The van der Waals surface area contributed by atoms with Crippen LogP contribution < -0.4 is 5.32 Å².